The van der Waals surface area contributed by atoms with Crippen LogP contribution < -0.4 is 0 Å². The summed E-state index contributed by atoms with van der Waals surface area (Å²) in [6.07, 6.45) is 0. The molecule has 0 saturated carbocycles. The lowest BCUT2D eigenvalue weighted by Crippen LogP contribution is -1.87. The molecular formula is C11H9O2S. The Kier molecular flexibility index (Phi) is 2.25. The second-order valence-corrected chi connectivity index (χ2v) is 4.04. The molecule has 0 amide bonds. The fraction of sp³-hybridized carbons (Fsp3) is 0. The smallest absolute Gasteiger partial charge is 0.168 e. The van der Waals surface area contributed by atoms with Gasteiger partial charge in [-0.3, -0.25) is 0 Å². The van der Waals surface area contributed by atoms with Crippen LogP contribution in [0.1, 0.15) is 5.56 Å². The van der Waals surface area contributed by atoms with Crippen LogP contribution in [0.4, 0.5) is 0 Å². The molecule has 0 bridgehead atoms. The highest BCUT2D eigenvalue weighted by molar-refractivity contribution is 7.72. The van der Waals surface area contributed by atoms with Crippen molar-refractivity contribution in [3.8, 4) is 0 Å². The molecule has 0 spiro atoms. The third kappa shape index (κ3) is 1.40. The van der Waals surface area contributed by atoms with Gasteiger partial charge in [-0.2, -0.15) is 0 Å². The Bertz CT molecular complexity index is 548. The Morgan fingerprint density at radius 2 is 1.71 bits per heavy atom. The predicted octanol–water partition coefficient (Wildman–Crippen LogP) is 1.99. The Hall–Kier alpha value is -1.35. The van der Waals surface area contributed by atoms with Gasteiger partial charge in [0.25, 0.3) is 0 Å². The lowest BCUT2D eigenvalue weighted by Gasteiger charge is -2.03. The van der Waals surface area contributed by atoms with E-state index in [-0.39, 0.29) is 0 Å². The molecule has 0 aliphatic heterocycles. The molecule has 0 saturated heterocycles. The predicted molar refractivity (Wildman–Crippen MR) is 57.0 cm³/mol. The van der Waals surface area contributed by atoms with Gasteiger partial charge in [0, 0.05) is 0 Å². The summed E-state index contributed by atoms with van der Waals surface area (Å²) < 4.78 is 21.7. The summed E-state index contributed by atoms with van der Waals surface area (Å²) in [7, 11) is -2.55. The van der Waals surface area contributed by atoms with Crippen LogP contribution in [0.3, 0.4) is 0 Å². The number of rotatable bonds is 1. The van der Waals surface area contributed by atoms with Crippen molar-refractivity contribution in [3.05, 3.63) is 48.9 Å². The number of benzene rings is 2. The molecular weight excluding hydrogens is 196 g/mol. The van der Waals surface area contributed by atoms with E-state index in [0.29, 0.717) is 10.5 Å². The van der Waals surface area contributed by atoms with Gasteiger partial charge < -0.3 is 0 Å². The summed E-state index contributed by atoms with van der Waals surface area (Å²) >= 11 is 0. The minimum atomic E-state index is -2.55. The Morgan fingerprint density at radius 1 is 1.00 bits per heavy atom. The zero-order valence-corrected chi connectivity index (χ0v) is 8.33. The quantitative estimate of drug-likeness (QED) is 0.722. The number of fused-ring (bicyclic) bond motifs is 1. The molecule has 0 aliphatic carbocycles. The molecule has 0 heterocycles. The SMILES string of the molecule is [CH2]c1c([SH](=O)=O)ccc2ccccc12. The van der Waals surface area contributed by atoms with Gasteiger partial charge in [-0.05, 0) is 29.3 Å². The van der Waals surface area contributed by atoms with E-state index in [1.54, 1.807) is 12.1 Å². The van der Waals surface area contributed by atoms with Crippen LogP contribution in [0.15, 0.2) is 41.3 Å². The maximum atomic E-state index is 10.9. The zero-order chi connectivity index (χ0) is 10.1. The van der Waals surface area contributed by atoms with Gasteiger partial charge in [-0.15, -0.1) is 0 Å². The maximum Gasteiger partial charge on any atom is 0.168 e. The van der Waals surface area contributed by atoms with Crippen molar-refractivity contribution in [1.82, 2.24) is 0 Å². The third-order valence-corrected chi connectivity index (χ3v) is 3.02. The van der Waals surface area contributed by atoms with Crippen molar-refractivity contribution in [2.75, 3.05) is 0 Å². The van der Waals surface area contributed by atoms with Gasteiger partial charge >= 0.3 is 0 Å². The first-order valence-electron chi connectivity index (χ1n) is 4.18. The molecule has 71 valence electrons. The molecule has 0 aromatic heterocycles. The summed E-state index contributed by atoms with van der Waals surface area (Å²) in [6, 6.07) is 11.0. The van der Waals surface area contributed by atoms with Crippen LogP contribution in [0.5, 0.6) is 0 Å². The standard InChI is InChI=1S/C11H9O2S/c1-8-10-5-3-2-4-9(10)6-7-11(8)14(12)13/h2-7,14H,1H2. The number of hydrogen-bond acceptors (Lipinski definition) is 2. The molecule has 0 atom stereocenters. The highest BCUT2D eigenvalue weighted by Crippen LogP contribution is 2.22. The molecule has 3 heteroatoms. The fourth-order valence-electron chi connectivity index (χ4n) is 1.50. The van der Waals surface area contributed by atoms with E-state index in [9.17, 15) is 8.42 Å². The summed E-state index contributed by atoms with van der Waals surface area (Å²) in [5, 5.41) is 1.90. The van der Waals surface area contributed by atoms with Crippen molar-refractivity contribution in [3.63, 3.8) is 0 Å². The van der Waals surface area contributed by atoms with Crippen molar-refractivity contribution in [2.45, 2.75) is 4.90 Å². The minimum Gasteiger partial charge on any atom is -0.227 e. The fourth-order valence-corrected chi connectivity index (χ4v) is 2.03. The van der Waals surface area contributed by atoms with E-state index in [0.717, 1.165) is 10.8 Å². The van der Waals surface area contributed by atoms with Gasteiger partial charge in [0.05, 0.1) is 4.90 Å². The van der Waals surface area contributed by atoms with Crippen LogP contribution >= 0.6 is 0 Å². The zero-order valence-electron chi connectivity index (χ0n) is 7.43. The van der Waals surface area contributed by atoms with Crippen molar-refractivity contribution in [1.29, 1.82) is 0 Å². The van der Waals surface area contributed by atoms with Crippen molar-refractivity contribution >= 4 is 21.5 Å². The largest absolute Gasteiger partial charge is 0.227 e. The molecule has 0 aliphatic rings. The van der Waals surface area contributed by atoms with Gasteiger partial charge in [0.15, 0.2) is 10.7 Å². The van der Waals surface area contributed by atoms with Crippen LogP contribution in [-0.4, -0.2) is 8.42 Å². The van der Waals surface area contributed by atoms with Gasteiger partial charge in [0.1, 0.15) is 0 Å². The first-order valence-corrected chi connectivity index (χ1v) is 5.36. The lowest BCUT2D eigenvalue weighted by molar-refractivity contribution is 0.614. The van der Waals surface area contributed by atoms with Crippen LogP contribution in [0, 0.1) is 6.92 Å². The second kappa shape index (κ2) is 3.42. The molecule has 2 nitrogen and oxygen atoms in total. The van der Waals surface area contributed by atoms with Crippen LogP contribution in [0.2, 0.25) is 0 Å². The van der Waals surface area contributed by atoms with Crippen molar-refractivity contribution < 1.29 is 8.42 Å². The van der Waals surface area contributed by atoms with Gasteiger partial charge in [-0.1, -0.05) is 30.3 Å². The Morgan fingerprint density at radius 3 is 2.43 bits per heavy atom. The monoisotopic (exact) mass is 205 g/mol. The molecule has 1 radical (unpaired) electrons. The van der Waals surface area contributed by atoms with E-state index in [2.05, 4.69) is 6.92 Å². The lowest BCUT2D eigenvalue weighted by atomic mass is 10.1. The maximum absolute atomic E-state index is 10.9. The van der Waals surface area contributed by atoms with Crippen LogP contribution in [-0.2, 0) is 10.7 Å². The average molecular weight is 205 g/mol. The van der Waals surface area contributed by atoms with Gasteiger partial charge in [-0.25, -0.2) is 8.42 Å². The molecule has 0 fully saturated rings. The molecule has 2 rings (SSSR count). The van der Waals surface area contributed by atoms with E-state index < -0.39 is 10.7 Å². The highest BCUT2D eigenvalue weighted by Gasteiger charge is 2.04. The van der Waals surface area contributed by atoms with E-state index in [4.69, 9.17) is 0 Å². The van der Waals surface area contributed by atoms with Gasteiger partial charge in [0.2, 0.25) is 0 Å². The summed E-state index contributed by atoms with van der Waals surface area (Å²) in [4.78, 5) is 0.304. The Labute approximate surface area is 84.1 Å². The Balaban J connectivity index is 2.88. The number of hydrogen-bond donors (Lipinski definition) is 1. The normalized spacial score (nSPS) is 11.0. The molecule has 2 aromatic carbocycles. The molecule has 2 aromatic rings. The summed E-state index contributed by atoms with van der Waals surface area (Å²) in [5.74, 6) is 0. The second-order valence-electron chi connectivity index (χ2n) is 3.04. The van der Waals surface area contributed by atoms with E-state index >= 15 is 0 Å². The first-order chi connectivity index (χ1) is 6.70. The molecule has 0 unspecified atom stereocenters. The topological polar surface area (TPSA) is 34.1 Å². The van der Waals surface area contributed by atoms with E-state index in [1.807, 2.05) is 24.3 Å². The van der Waals surface area contributed by atoms with Crippen molar-refractivity contribution in [2.24, 2.45) is 0 Å². The molecule has 14 heavy (non-hydrogen) atoms. The highest BCUT2D eigenvalue weighted by atomic mass is 32.2. The molecule has 0 N–H and O–H groups in total. The number of thiol groups is 1. The third-order valence-electron chi connectivity index (χ3n) is 2.21. The van der Waals surface area contributed by atoms with Crippen LogP contribution in [0.25, 0.3) is 10.8 Å². The average Bonchev–Trinajstić information content (AvgIpc) is 2.18. The summed E-state index contributed by atoms with van der Waals surface area (Å²) in [5.41, 5.74) is 0.583. The minimum absolute atomic E-state index is 0.304. The van der Waals surface area contributed by atoms with E-state index in [1.165, 1.54) is 0 Å². The first kappa shape index (κ1) is 9.21. The summed E-state index contributed by atoms with van der Waals surface area (Å²) in [6.45, 7) is 3.79.